The van der Waals surface area contributed by atoms with Crippen molar-refractivity contribution in [3.05, 3.63) is 41.6 Å². The molecule has 72 valence electrons. The first-order valence-corrected chi connectivity index (χ1v) is 4.37. The molecule has 1 aromatic rings. The summed E-state index contributed by atoms with van der Waals surface area (Å²) >= 11 is 0. The van der Waals surface area contributed by atoms with Gasteiger partial charge in [-0.3, -0.25) is 0 Å². The summed E-state index contributed by atoms with van der Waals surface area (Å²) in [6, 6.07) is 5.53. The van der Waals surface area contributed by atoms with E-state index in [9.17, 15) is 4.79 Å². The van der Waals surface area contributed by atoms with Crippen molar-refractivity contribution in [1.82, 2.24) is 0 Å². The molecule has 0 aliphatic carbocycles. The topological polar surface area (TPSA) is 38.3 Å². The molecule has 0 saturated carbocycles. The number of rotatable bonds is 1. The molecule has 0 saturated heterocycles. The highest BCUT2D eigenvalue weighted by Gasteiger charge is 2.20. The number of nitrogens with one attached hydrogen (secondary N) is 1. The number of fused-ring (bicyclic) bond motifs is 1. The van der Waals surface area contributed by atoms with Crippen LogP contribution in [0.2, 0.25) is 0 Å². The second-order valence-corrected chi connectivity index (χ2v) is 3.23. The van der Waals surface area contributed by atoms with Gasteiger partial charge in [-0.05, 0) is 17.7 Å². The van der Waals surface area contributed by atoms with Gasteiger partial charge in [-0.25, -0.2) is 4.79 Å². The standard InChI is InChI=1S/C11H11NO2/c1-7-6-9-8(11(13)14-2)4-3-5-10(9)12-7/h3-5,12H,1,6H2,2H3. The van der Waals surface area contributed by atoms with Crippen molar-refractivity contribution in [2.45, 2.75) is 6.42 Å². The highest BCUT2D eigenvalue weighted by atomic mass is 16.5. The largest absolute Gasteiger partial charge is 0.465 e. The minimum Gasteiger partial charge on any atom is -0.465 e. The lowest BCUT2D eigenvalue weighted by atomic mass is 10.0. The lowest BCUT2D eigenvalue weighted by molar-refractivity contribution is 0.0600. The van der Waals surface area contributed by atoms with Gasteiger partial charge >= 0.3 is 5.97 Å². The molecule has 14 heavy (non-hydrogen) atoms. The Kier molecular flexibility index (Phi) is 2.00. The molecule has 0 bridgehead atoms. The van der Waals surface area contributed by atoms with Gasteiger partial charge in [0.05, 0.1) is 12.7 Å². The Bertz CT molecular complexity index is 410. The summed E-state index contributed by atoms with van der Waals surface area (Å²) < 4.78 is 4.70. The Hall–Kier alpha value is -1.77. The molecular weight excluding hydrogens is 178 g/mol. The molecule has 0 amide bonds. The third kappa shape index (κ3) is 1.27. The van der Waals surface area contributed by atoms with Gasteiger partial charge in [0, 0.05) is 17.8 Å². The summed E-state index contributed by atoms with van der Waals surface area (Å²) in [5.74, 6) is -0.293. The Morgan fingerprint density at radius 1 is 1.57 bits per heavy atom. The zero-order valence-electron chi connectivity index (χ0n) is 7.96. The highest BCUT2D eigenvalue weighted by molar-refractivity contribution is 5.93. The molecule has 3 heteroatoms. The van der Waals surface area contributed by atoms with E-state index in [4.69, 9.17) is 4.74 Å². The molecule has 0 unspecified atom stereocenters. The van der Waals surface area contributed by atoms with Crippen LogP contribution in [0.1, 0.15) is 15.9 Å². The average molecular weight is 189 g/mol. The van der Waals surface area contributed by atoms with Crippen molar-refractivity contribution in [2.75, 3.05) is 12.4 Å². The first kappa shape index (κ1) is 8.81. The third-order valence-corrected chi connectivity index (χ3v) is 2.28. The molecule has 0 fully saturated rings. The fourth-order valence-electron chi connectivity index (χ4n) is 1.64. The van der Waals surface area contributed by atoms with E-state index >= 15 is 0 Å². The minimum absolute atomic E-state index is 0.293. The Balaban J connectivity index is 2.49. The quantitative estimate of drug-likeness (QED) is 0.686. The van der Waals surface area contributed by atoms with Gasteiger partial charge in [-0.1, -0.05) is 12.6 Å². The van der Waals surface area contributed by atoms with Crippen molar-refractivity contribution in [1.29, 1.82) is 0 Å². The van der Waals surface area contributed by atoms with E-state index in [2.05, 4.69) is 11.9 Å². The number of hydrogen-bond acceptors (Lipinski definition) is 3. The van der Waals surface area contributed by atoms with E-state index in [1.807, 2.05) is 12.1 Å². The van der Waals surface area contributed by atoms with Crippen LogP contribution >= 0.6 is 0 Å². The van der Waals surface area contributed by atoms with Crippen LogP contribution in [-0.2, 0) is 11.2 Å². The highest BCUT2D eigenvalue weighted by Crippen LogP contribution is 2.30. The van der Waals surface area contributed by atoms with Crippen LogP contribution in [0.5, 0.6) is 0 Å². The summed E-state index contributed by atoms with van der Waals surface area (Å²) in [7, 11) is 1.39. The second-order valence-electron chi connectivity index (χ2n) is 3.23. The fourth-order valence-corrected chi connectivity index (χ4v) is 1.64. The van der Waals surface area contributed by atoms with Crippen LogP contribution in [0.25, 0.3) is 0 Å². The Morgan fingerprint density at radius 3 is 3.07 bits per heavy atom. The van der Waals surface area contributed by atoms with Gasteiger partial charge in [-0.15, -0.1) is 0 Å². The van der Waals surface area contributed by atoms with E-state index < -0.39 is 0 Å². The number of carbonyl (C=O) groups excluding carboxylic acids is 1. The number of allylic oxidation sites excluding steroid dienone is 1. The van der Waals surface area contributed by atoms with E-state index in [0.29, 0.717) is 12.0 Å². The maximum Gasteiger partial charge on any atom is 0.338 e. The molecule has 2 rings (SSSR count). The smallest absolute Gasteiger partial charge is 0.338 e. The van der Waals surface area contributed by atoms with Crippen LogP contribution in [0.3, 0.4) is 0 Å². The number of hydrogen-bond donors (Lipinski definition) is 1. The predicted octanol–water partition coefficient (Wildman–Crippen LogP) is 1.95. The molecule has 1 heterocycles. The van der Waals surface area contributed by atoms with Gasteiger partial charge in [0.2, 0.25) is 0 Å². The maximum absolute atomic E-state index is 11.4. The molecule has 1 aromatic carbocycles. The molecule has 0 atom stereocenters. The number of esters is 1. The molecule has 3 nitrogen and oxygen atoms in total. The van der Waals surface area contributed by atoms with E-state index in [0.717, 1.165) is 16.9 Å². The fraction of sp³-hybridized carbons (Fsp3) is 0.182. The van der Waals surface area contributed by atoms with Crippen LogP contribution in [0.15, 0.2) is 30.5 Å². The van der Waals surface area contributed by atoms with E-state index in [-0.39, 0.29) is 5.97 Å². The minimum atomic E-state index is -0.293. The lowest BCUT2D eigenvalue weighted by Gasteiger charge is -2.04. The Morgan fingerprint density at radius 2 is 2.36 bits per heavy atom. The van der Waals surface area contributed by atoms with Gasteiger partial charge in [-0.2, -0.15) is 0 Å². The summed E-state index contributed by atoms with van der Waals surface area (Å²) in [6.07, 6.45) is 0.695. The first-order valence-electron chi connectivity index (χ1n) is 4.37. The van der Waals surface area contributed by atoms with Gasteiger partial charge in [0.15, 0.2) is 0 Å². The predicted molar refractivity (Wildman–Crippen MR) is 54.2 cm³/mol. The average Bonchev–Trinajstić information content (AvgIpc) is 2.56. The molecule has 0 spiro atoms. The van der Waals surface area contributed by atoms with Crippen molar-refractivity contribution >= 4 is 11.7 Å². The number of methoxy groups -OCH3 is 1. The van der Waals surface area contributed by atoms with Gasteiger partial charge in [0.1, 0.15) is 0 Å². The molecule has 1 aliphatic heterocycles. The third-order valence-electron chi connectivity index (χ3n) is 2.28. The normalized spacial score (nSPS) is 13.4. The van der Waals surface area contributed by atoms with Crippen molar-refractivity contribution in [2.24, 2.45) is 0 Å². The number of carbonyl (C=O) groups is 1. The van der Waals surface area contributed by atoms with Gasteiger partial charge in [0.25, 0.3) is 0 Å². The molecule has 0 aromatic heterocycles. The molecule has 0 radical (unpaired) electrons. The summed E-state index contributed by atoms with van der Waals surface area (Å²) in [5.41, 5.74) is 3.47. The number of benzene rings is 1. The second kappa shape index (κ2) is 3.18. The number of ether oxygens (including phenoxy) is 1. The summed E-state index contributed by atoms with van der Waals surface area (Å²) in [5, 5.41) is 3.11. The zero-order valence-corrected chi connectivity index (χ0v) is 7.96. The van der Waals surface area contributed by atoms with Crippen molar-refractivity contribution in [3.8, 4) is 0 Å². The molecule has 1 aliphatic rings. The van der Waals surface area contributed by atoms with Crippen LogP contribution in [-0.4, -0.2) is 13.1 Å². The first-order chi connectivity index (χ1) is 6.72. The van der Waals surface area contributed by atoms with E-state index in [1.54, 1.807) is 6.07 Å². The maximum atomic E-state index is 11.4. The van der Waals surface area contributed by atoms with Crippen molar-refractivity contribution in [3.63, 3.8) is 0 Å². The monoisotopic (exact) mass is 189 g/mol. The molecule has 1 N–H and O–H groups in total. The SMILES string of the molecule is C=C1Cc2c(cccc2C(=O)OC)N1. The van der Waals surface area contributed by atoms with Crippen LogP contribution in [0, 0.1) is 0 Å². The summed E-state index contributed by atoms with van der Waals surface area (Å²) in [6.45, 7) is 3.83. The van der Waals surface area contributed by atoms with Crippen molar-refractivity contribution < 1.29 is 9.53 Å². The zero-order chi connectivity index (χ0) is 10.1. The lowest BCUT2D eigenvalue weighted by Crippen LogP contribution is -2.04. The Labute approximate surface area is 82.4 Å². The summed E-state index contributed by atoms with van der Waals surface area (Å²) in [4.78, 5) is 11.4. The molecular formula is C11H11NO2. The van der Waals surface area contributed by atoms with Crippen LogP contribution < -0.4 is 5.32 Å². The number of anilines is 1. The van der Waals surface area contributed by atoms with E-state index in [1.165, 1.54) is 7.11 Å². The van der Waals surface area contributed by atoms with Gasteiger partial charge < -0.3 is 10.1 Å². The van der Waals surface area contributed by atoms with Crippen LogP contribution in [0.4, 0.5) is 5.69 Å².